The van der Waals surface area contributed by atoms with E-state index in [1.54, 1.807) is 25.5 Å². The summed E-state index contributed by atoms with van der Waals surface area (Å²) in [5.74, 6) is -0.468. The number of hydrogen-bond donors (Lipinski definition) is 2. The monoisotopic (exact) mass is 364 g/mol. The Bertz CT molecular complexity index is 731. The second-order valence-corrected chi connectivity index (χ2v) is 8.13. The van der Waals surface area contributed by atoms with Gasteiger partial charge in [-0.25, -0.2) is 13.9 Å². The van der Waals surface area contributed by atoms with Crippen molar-refractivity contribution in [3.05, 3.63) is 34.1 Å². The molecular weight excluding hydrogens is 347 g/mol. The molecule has 6 nitrogen and oxygen atoms in total. The molecule has 0 aliphatic heterocycles. The quantitative estimate of drug-likeness (QED) is 0.863. The van der Waals surface area contributed by atoms with E-state index in [2.05, 4.69) is 4.72 Å². The van der Waals surface area contributed by atoms with Gasteiger partial charge in [-0.2, -0.15) is 13.1 Å². The molecule has 0 saturated carbocycles. The maximum absolute atomic E-state index is 13.3. The summed E-state index contributed by atoms with van der Waals surface area (Å²) in [6.07, 6.45) is -0.159. The standard InChI is InChI=1S/C14H18ClFN2O4S/c1-14(2,3)22-13(19)18-23(20,21)17-11-5-4-8-6-9(16)7-10(15)12(8)11/h6-7,11,17H,4-5H2,1-3H3,(H,18,19). The maximum Gasteiger partial charge on any atom is 0.422 e. The topological polar surface area (TPSA) is 84.5 Å². The fourth-order valence-corrected chi connectivity index (χ4v) is 3.71. The van der Waals surface area contributed by atoms with Crippen LogP contribution in [0.15, 0.2) is 12.1 Å². The average Bonchev–Trinajstić information content (AvgIpc) is 2.67. The van der Waals surface area contributed by atoms with E-state index in [9.17, 15) is 17.6 Å². The van der Waals surface area contributed by atoms with Gasteiger partial charge in [0.15, 0.2) is 0 Å². The number of benzene rings is 1. The van der Waals surface area contributed by atoms with Crippen molar-refractivity contribution in [2.45, 2.75) is 45.3 Å². The number of halogens is 2. The molecule has 1 aliphatic rings. The summed E-state index contributed by atoms with van der Waals surface area (Å²) in [5.41, 5.74) is 0.364. The Balaban J connectivity index is 2.11. The second-order valence-electron chi connectivity index (χ2n) is 6.28. The molecule has 23 heavy (non-hydrogen) atoms. The summed E-state index contributed by atoms with van der Waals surface area (Å²) in [6, 6.07) is 1.84. The van der Waals surface area contributed by atoms with Crippen molar-refractivity contribution in [3.8, 4) is 0 Å². The number of rotatable bonds is 3. The summed E-state index contributed by atoms with van der Waals surface area (Å²) < 4.78 is 46.4. The van der Waals surface area contributed by atoms with Gasteiger partial charge in [0.25, 0.3) is 0 Å². The van der Waals surface area contributed by atoms with Crippen LogP contribution in [0.5, 0.6) is 0 Å². The lowest BCUT2D eigenvalue weighted by Crippen LogP contribution is -2.43. The molecule has 1 aromatic carbocycles. The number of nitrogens with one attached hydrogen (secondary N) is 2. The lowest BCUT2D eigenvalue weighted by molar-refractivity contribution is 0.0569. The van der Waals surface area contributed by atoms with Crippen LogP contribution in [0.3, 0.4) is 0 Å². The van der Waals surface area contributed by atoms with Gasteiger partial charge >= 0.3 is 16.3 Å². The molecule has 0 aromatic heterocycles. The molecule has 1 aromatic rings. The van der Waals surface area contributed by atoms with E-state index in [1.807, 2.05) is 0 Å². The third kappa shape index (κ3) is 4.79. The molecule has 1 aliphatic carbocycles. The number of amides is 1. The van der Waals surface area contributed by atoms with Gasteiger partial charge in [-0.05, 0) is 56.9 Å². The Morgan fingerprint density at radius 2 is 2.04 bits per heavy atom. The van der Waals surface area contributed by atoms with Gasteiger partial charge in [-0.1, -0.05) is 11.6 Å². The molecule has 2 rings (SSSR count). The van der Waals surface area contributed by atoms with Crippen LogP contribution in [0.4, 0.5) is 9.18 Å². The van der Waals surface area contributed by atoms with Crippen LogP contribution in [-0.4, -0.2) is 20.1 Å². The van der Waals surface area contributed by atoms with Crippen LogP contribution in [0, 0.1) is 5.82 Å². The highest BCUT2D eigenvalue weighted by molar-refractivity contribution is 7.88. The summed E-state index contributed by atoms with van der Waals surface area (Å²) in [6.45, 7) is 4.86. The minimum absolute atomic E-state index is 0.155. The first kappa shape index (κ1) is 18.0. The maximum atomic E-state index is 13.3. The molecule has 0 fully saturated rings. The molecule has 2 N–H and O–H groups in total. The Morgan fingerprint density at radius 1 is 1.39 bits per heavy atom. The molecule has 9 heteroatoms. The van der Waals surface area contributed by atoms with Crippen molar-refractivity contribution >= 4 is 27.9 Å². The first-order valence-electron chi connectivity index (χ1n) is 6.98. The third-order valence-electron chi connectivity index (χ3n) is 3.14. The van der Waals surface area contributed by atoms with Crippen molar-refractivity contribution in [1.29, 1.82) is 0 Å². The van der Waals surface area contributed by atoms with Crippen molar-refractivity contribution in [2.75, 3.05) is 0 Å². The Kier molecular flexibility index (Phi) is 4.89. The van der Waals surface area contributed by atoms with E-state index in [0.29, 0.717) is 24.0 Å². The minimum atomic E-state index is -4.13. The lowest BCUT2D eigenvalue weighted by Gasteiger charge is -2.21. The van der Waals surface area contributed by atoms with E-state index in [0.717, 1.165) is 6.07 Å². The summed E-state index contributed by atoms with van der Waals surface area (Å²) in [5, 5.41) is 0.155. The SMILES string of the molecule is CC(C)(C)OC(=O)NS(=O)(=O)NC1CCc2cc(F)cc(Cl)c21. The number of carbonyl (C=O) groups is 1. The van der Waals surface area contributed by atoms with Gasteiger partial charge in [-0.15, -0.1) is 0 Å². The molecule has 0 heterocycles. The molecule has 1 atom stereocenters. The number of ether oxygens (including phenoxy) is 1. The number of aryl methyl sites for hydroxylation is 1. The normalized spacial score (nSPS) is 17.7. The Hall–Kier alpha value is -1.38. The third-order valence-corrected chi connectivity index (χ3v) is 4.49. The average molecular weight is 365 g/mol. The van der Waals surface area contributed by atoms with E-state index < -0.39 is 33.8 Å². The Labute approximate surface area is 139 Å². The molecule has 0 spiro atoms. The zero-order valence-corrected chi connectivity index (χ0v) is 14.5. The predicted octanol–water partition coefficient (Wildman–Crippen LogP) is 2.83. The van der Waals surface area contributed by atoms with Crippen molar-refractivity contribution in [2.24, 2.45) is 0 Å². The van der Waals surface area contributed by atoms with Crippen molar-refractivity contribution in [3.63, 3.8) is 0 Å². The van der Waals surface area contributed by atoms with Crippen LogP contribution < -0.4 is 9.44 Å². The fraction of sp³-hybridized carbons (Fsp3) is 0.500. The molecule has 128 valence electrons. The van der Waals surface area contributed by atoms with Gasteiger partial charge in [0.1, 0.15) is 11.4 Å². The van der Waals surface area contributed by atoms with Gasteiger partial charge in [0.05, 0.1) is 6.04 Å². The smallest absolute Gasteiger partial charge is 0.422 e. The minimum Gasteiger partial charge on any atom is -0.443 e. The van der Waals surface area contributed by atoms with Crippen LogP contribution >= 0.6 is 11.6 Å². The molecule has 0 radical (unpaired) electrons. The van der Waals surface area contributed by atoms with Crippen LogP contribution in [0.25, 0.3) is 0 Å². The van der Waals surface area contributed by atoms with Crippen molar-refractivity contribution < 1.29 is 22.3 Å². The highest BCUT2D eigenvalue weighted by Gasteiger charge is 2.30. The van der Waals surface area contributed by atoms with E-state index in [-0.39, 0.29) is 5.02 Å². The molecule has 0 saturated heterocycles. The first-order valence-corrected chi connectivity index (χ1v) is 8.84. The van der Waals surface area contributed by atoms with E-state index in [1.165, 1.54) is 6.07 Å². The summed E-state index contributed by atoms with van der Waals surface area (Å²) >= 11 is 6.00. The van der Waals surface area contributed by atoms with Gasteiger partial charge in [0, 0.05) is 5.02 Å². The lowest BCUT2D eigenvalue weighted by atomic mass is 10.1. The van der Waals surface area contributed by atoms with Crippen LogP contribution in [-0.2, 0) is 21.4 Å². The molecule has 1 unspecified atom stereocenters. The van der Waals surface area contributed by atoms with E-state index >= 15 is 0 Å². The first-order chi connectivity index (χ1) is 10.5. The van der Waals surface area contributed by atoms with Gasteiger partial charge in [0.2, 0.25) is 0 Å². The molecule has 1 amide bonds. The zero-order chi connectivity index (χ0) is 17.4. The van der Waals surface area contributed by atoms with Gasteiger partial charge < -0.3 is 4.74 Å². The summed E-state index contributed by atoms with van der Waals surface area (Å²) in [4.78, 5) is 11.6. The van der Waals surface area contributed by atoms with Crippen LogP contribution in [0.2, 0.25) is 5.02 Å². The van der Waals surface area contributed by atoms with Gasteiger partial charge in [-0.3, -0.25) is 0 Å². The van der Waals surface area contributed by atoms with E-state index in [4.69, 9.17) is 16.3 Å². The highest BCUT2D eigenvalue weighted by atomic mass is 35.5. The number of carbonyl (C=O) groups excluding carboxylic acids is 1. The zero-order valence-electron chi connectivity index (χ0n) is 12.9. The van der Waals surface area contributed by atoms with Crippen LogP contribution in [0.1, 0.15) is 44.4 Å². The fourth-order valence-electron chi connectivity index (χ4n) is 2.42. The highest BCUT2D eigenvalue weighted by Crippen LogP contribution is 2.37. The molecule has 0 bridgehead atoms. The number of hydrogen-bond acceptors (Lipinski definition) is 4. The largest absolute Gasteiger partial charge is 0.443 e. The van der Waals surface area contributed by atoms with Crippen molar-refractivity contribution in [1.82, 2.24) is 9.44 Å². The summed E-state index contributed by atoms with van der Waals surface area (Å²) in [7, 11) is -4.13. The predicted molar refractivity (Wildman–Crippen MR) is 83.9 cm³/mol. The number of fused-ring (bicyclic) bond motifs is 1. The second kappa shape index (κ2) is 6.26. The molecular formula is C14H18ClFN2O4S. The Morgan fingerprint density at radius 3 is 2.65 bits per heavy atom.